The molecule has 0 radical (unpaired) electrons. The highest BCUT2D eigenvalue weighted by molar-refractivity contribution is 7.91. The Labute approximate surface area is 93.0 Å². The first kappa shape index (κ1) is 11.0. The summed E-state index contributed by atoms with van der Waals surface area (Å²) in [5.74, 6) is 0. The van der Waals surface area contributed by atoms with E-state index in [-0.39, 0.29) is 6.04 Å². The van der Waals surface area contributed by atoms with E-state index in [1.165, 1.54) is 21.8 Å². The number of hydrogen-bond acceptors (Lipinski definition) is 5. The lowest BCUT2D eigenvalue weighted by Crippen LogP contribution is -2.31. The Hall–Kier alpha value is -0.500. The molecule has 1 fully saturated rings. The Morgan fingerprint density at radius 3 is 2.87 bits per heavy atom. The van der Waals surface area contributed by atoms with E-state index in [9.17, 15) is 8.42 Å². The molecule has 0 amide bonds. The second kappa shape index (κ2) is 3.82. The first-order valence-corrected chi connectivity index (χ1v) is 6.94. The second-order valence-corrected chi connectivity index (χ2v) is 7.01. The molecular formula is C8H13N3O2S2. The fourth-order valence-corrected chi connectivity index (χ4v) is 4.34. The molecule has 15 heavy (non-hydrogen) atoms. The van der Waals surface area contributed by atoms with Crippen molar-refractivity contribution in [3.05, 3.63) is 11.2 Å². The third-order valence-corrected chi connectivity index (χ3v) is 5.60. The molecular weight excluding hydrogens is 234 g/mol. The van der Waals surface area contributed by atoms with Crippen LogP contribution in [0.2, 0.25) is 0 Å². The Kier molecular flexibility index (Phi) is 2.80. The molecule has 0 spiro atoms. The highest BCUT2D eigenvalue weighted by atomic mass is 32.2. The fourth-order valence-electron chi connectivity index (χ4n) is 1.56. The van der Waals surface area contributed by atoms with E-state index < -0.39 is 10.0 Å². The number of aromatic nitrogens is 1. The van der Waals surface area contributed by atoms with Crippen molar-refractivity contribution in [3.8, 4) is 0 Å². The Bertz CT molecular complexity index is 454. The number of sulfonamides is 1. The van der Waals surface area contributed by atoms with Crippen LogP contribution in [0, 0.1) is 6.92 Å². The van der Waals surface area contributed by atoms with Gasteiger partial charge in [-0.05, 0) is 13.3 Å². The molecule has 2 N–H and O–H groups in total. The zero-order valence-corrected chi connectivity index (χ0v) is 10.0. The largest absolute Gasteiger partial charge is 0.326 e. The van der Waals surface area contributed by atoms with Crippen LogP contribution in [0.5, 0.6) is 0 Å². The topological polar surface area (TPSA) is 76.3 Å². The summed E-state index contributed by atoms with van der Waals surface area (Å²) in [7, 11) is -3.34. The van der Waals surface area contributed by atoms with Crippen molar-refractivity contribution in [2.24, 2.45) is 5.73 Å². The van der Waals surface area contributed by atoms with Crippen molar-refractivity contribution in [1.82, 2.24) is 9.29 Å². The summed E-state index contributed by atoms with van der Waals surface area (Å²) >= 11 is 1.20. The summed E-state index contributed by atoms with van der Waals surface area (Å²) in [6, 6.07) is -0.0335. The normalized spacial score (nSPS) is 23.5. The van der Waals surface area contributed by atoms with Crippen LogP contribution in [0.4, 0.5) is 0 Å². The molecule has 1 aliphatic rings. The molecule has 7 heteroatoms. The molecule has 1 atom stereocenters. The molecule has 1 saturated heterocycles. The lowest BCUT2D eigenvalue weighted by molar-refractivity contribution is 0.474. The van der Waals surface area contributed by atoms with Gasteiger partial charge in [0.1, 0.15) is 0 Å². The summed E-state index contributed by atoms with van der Waals surface area (Å²) in [5.41, 5.74) is 5.69. The minimum Gasteiger partial charge on any atom is -0.326 e. The molecule has 1 aromatic heterocycles. The van der Waals surface area contributed by atoms with Gasteiger partial charge in [-0.25, -0.2) is 13.4 Å². The number of rotatable bonds is 2. The predicted octanol–water partition coefficient (Wildman–Crippen LogP) is 0.173. The van der Waals surface area contributed by atoms with Crippen molar-refractivity contribution in [2.45, 2.75) is 23.6 Å². The minimum absolute atomic E-state index is 0.0335. The van der Waals surface area contributed by atoms with Gasteiger partial charge in [-0.3, -0.25) is 0 Å². The van der Waals surface area contributed by atoms with Crippen LogP contribution in [0.3, 0.4) is 0 Å². The highest BCUT2D eigenvalue weighted by Gasteiger charge is 2.32. The van der Waals surface area contributed by atoms with E-state index in [1.54, 1.807) is 6.92 Å². The molecule has 0 aromatic carbocycles. The van der Waals surface area contributed by atoms with Gasteiger partial charge in [0.25, 0.3) is 10.0 Å². The fraction of sp³-hybridized carbons (Fsp3) is 0.625. The average Bonchev–Trinajstić information content (AvgIpc) is 2.74. The number of nitrogens with two attached hydrogens (primary N) is 1. The van der Waals surface area contributed by atoms with Crippen molar-refractivity contribution < 1.29 is 8.42 Å². The first-order valence-electron chi connectivity index (χ1n) is 4.68. The third-order valence-electron chi connectivity index (χ3n) is 2.38. The zero-order valence-electron chi connectivity index (χ0n) is 8.38. The Morgan fingerprint density at radius 2 is 2.40 bits per heavy atom. The Balaban J connectivity index is 2.27. The minimum atomic E-state index is -3.34. The summed E-state index contributed by atoms with van der Waals surface area (Å²) in [6.45, 7) is 2.72. The van der Waals surface area contributed by atoms with Gasteiger partial charge in [-0.2, -0.15) is 4.31 Å². The van der Waals surface area contributed by atoms with Crippen molar-refractivity contribution in [3.63, 3.8) is 0 Å². The predicted molar refractivity (Wildman–Crippen MR) is 58.2 cm³/mol. The maximum atomic E-state index is 12.0. The van der Waals surface area contributed by atoms with Crippen LogP contribution in [0.25, 0.3) is 0 Å². The van der Waals surface area contributed by atoms with Gasteiger partial charge in [0.2, 0.25) is 0 Å². The summed E-state index contributed by atoms with van der Waals surface area (Å²) in [5, 5.41) is 0.761. The van der Waals surface area contributed by atoms with Crippen LogP contribution in [0.15, 0.2) is 10.4 Å². The van der Waals surface area contributed by atoms with Gasteiger partial charge in [-0.1, -0.05) is 0 Å². The molecule has 1 aliphatic heterocycles. The number of thiazole rings is 1. The summed E-state index contributed by atoms with van der Waals surface area (Å²) in [4.78, 5) is 3.95. The molecule has 0 aliphatic carbocycles. The van der Waals surface area contributed by atoms with Crippen LogP contribution in [0.1, 0.15) is 11.4 Å². The average molecular weight is 247 g/mol. The van der Waals surface area contributed by atoms with Crippen LogP contribution < -0.4 is 5.73 Å². The highest BCUT2D eigenvalue weighted by Crippen LogP contribution is 2.24. The zero-order chi connectivity index (χ0) is 11.1. The molecule has 2 heterocycles. The maximum absolute atomic E-state index is 12.0. The van der Waals surface area contributed by atoms with E-state index >= 15 is 0 Å². The smallest absolute Gasteiger partial charge is 0.254 e. The van der Waals surface area contributed by atoms with E-state index in [1.807, 2.05) is 0 Å². The van der Waals surface area contributed by atoms with Crippen molar-refractivity contribution in [2.75, 3.05) is 13.1 Å². The van der Waals surface area contributed by atoms with Crippen LogP contribution in [-0.2, 0) is 10.0 Å². The molecule has 0 bridgehead atoms. The second-order valence-electron chi connectivity index (χ2n) is 3.61. The molecule has 0 saturated carbocycles. The van der Waals surface area contributed by atoms with Crippen LogP contribution >= 0.6 is 11.3 Å². The molecule has 1 aromatic rings. The molecule has 2 rings (SSSR count). The number of nitrogens with zero attached hydrogens (tertiary/aromatic N) is 2. The Morgan fingerprint density at radius 1 is 1.67 bits per heavy atom. The van der Waals surface area contributed by atoms with Gasteiger partial charge in [0, 0.05) is 19.1 Å². The summed E-state index contributed by atoms with van der Waals surface area (Å²) < 4.78 is 25.8. The quantitative estimate of drug-likeness (QED) is 0.808. The van der Waals surface area contributed by atoms with Crippen molar-refractivity contribution in [1.29, 1.82) is 0 Å². The van der Waals surface area contributed by atoms with E-state index in [2.05, 4.69) is 4.98 Å². The summed E-state index contributed by atoms with van der Waals surface area (Å²) in [6.07, 6.45) is 2.15. The van der Waals surface area contributed by atoms with Gasteiger partial charge < -0.3 is 5.73 Å². The van der Waals surface area contributed by atoms with Gasteiger partial charge in [0.05, 0.1) is 11.2 Å². The first-order chi connectivity index (χ1) is 7.00. The number of hydrogen-bond donors (Lipinski definition) is 1. The van der Waals surface area contributed by atoms with Crippen molar-refractivity contribution >= 4 is 21.4 Å². The van der Waals surface area contributed by atoms with Gasteiger partial charge in [0.15, 0.2) is 4.21 Å². The monoisotopic (exact) mass is 247 g/mol. The van der Waals surface area contributed by atoms with E-state index in [0.717, 1.165) is 11.4 Å². The molecule has 5 nitrogen and oxygen atoms in total. The van der Waals surface area contributed by atoms with Gasteiger partial charge in [-0.15, -0.1) is 11.3 Å². The standard InChI is InChI=1S/C8H13N3O2S2/c1-6-10-4-8(14-6)15(12,13)11-3-2-7(9)5-11/h4,7H,2-3,5,9H2,1H3/t7-/m1/s1. The maximum Gasteiger partial charge on any atom is 0.254 e. The lowest BCUT2D eigenvalue weighted by atomic mass is 10.3. The molecule has 84 valence electrons. The van der Waals surface area contributed by atoms with Crippen LogP contribution in [-0.4, -0.2) is 36.8 Å². The van der Waals surface area contributed by atoms with E-state index in [0.29, 0.717) is 17.3 Å². The third kappa shape index (κ3) is 2.05. The van der Waals surface area contributed by atoms with E-state index in [4.69, 9.17) is 5.73 Å². The molecule has 0 unspecified atom stereocenters. The number of aryl methyl sites for hydroxylation is 1. The lowest BCUT2D eigenvalue weighted by Gasteiger charge is -2.13. The SMILES string of the molecule is Cc1ncc(S(=O)(=O)N2CC[C@@H](N)C2)s1. The van der Waals surface area contributed by atoms with Gasteiger partial charge >= 0.3 is 0 Å².